The Kier molecular flexibility index (Phi) is 6.12. The monoisotopic (exact) mass is 192 g/mol. The molecule has 2 heteroatoms. The maximum atomic E-state index is 10.2. The van der Waals surface area contributed by atoms with E-state index in [0.717, 1.165) is 5.57 Å². The number of ketones is 1. The summed E-state index contributed by atoms with van der Waals surface area (Å²) in [7, 11) is 0. The Hall–Kier alpha value is -1.57. The number of carbonyl (C=O) groups excluding carboxylic acids is 1. The van der Waals surface area contributed by atoms with E-state index in [1.807, 2.05) is 19.9 Å². The molecule has 0 atom stereocenters. The molecule has 0 aliphatic carbocycles. The summed E-state index contributed by atoms with van der Waals surface area (Å²) in [5.41, 5.74) is 1.06. The molecule has 0 amide bonds. The number of allylic oxidation sites excluding steroid dienone is 2. The fourth-order valence-corrected chi connectivity index (χ4v) is 0.835. The highest BCUT2D eigenvalue weighted by Crippen LogP contribution is 2.02. The number of phenolic OH excluding ortho intramolecular Hbond substituents is 1. The molecule has 0 fully saturated rings. The highest BCUT2D eigenvalue weighted by molar-refractivity contribution is 5.87. The number of aromatic hydroxyl groups is 1. The highest BCUT2D eigenvalue weighted by atomic mass is 16.3. The summed E-state index contributed by atoms with van der Waals surface area (Å²) in [5, 5.41) is 8.63. The summed E-state index contributed by atoms with van der Waals surface area (Å²) in [4.78, 5) is 10.2. The van der Waals surface area contributed by atoms with Crippen LogP contribution in [-0.4, -0.2) is 10.9 Å². The zero-order chi connectivity index (χ0) is 11.0. The van der Waals surface area contributed by atoms with Crippen molar-refractivity contribution in [1.29, 1.82) is 0 Å². The summed E-state index contributed by atoms with van der Waals surface area (Å²) in [6.07, 6.45) is 1.61. The van der Waals surface area contributed by atoms with E-state index in [-0.39, 0.29) is 5.78 Å². The van der Waals surface area contributed by atoms with Gasteiger partial charge in [0, 0.05) is 0 Å². The maximum absolute atomic E-state index is 10.2. The molecule has 76 valence electrons. The molecule has 2 nitrogen and oxygen atoms in total. The van der Waals surface area contributed by atoms with Crippen LogP contribution in [0.5, 0.6) is 5.75 Å². The van der Waals surface area contributed by atoms with Crippen molar-refractivity contribution in [2.24, 2.45) is 0 Å². The smallest absolute Gasteiger partial charge is 0.152 e. The maximum Gasteiger partial charge on any atom is 0.152 e. The Balaban J connectivity index is 0.000000241. The number of phenols is 1. The van der Waals surface area contributed by atoms with Crippen molar-refractivity contribution in [3.8, 4) is 5.75 Å². The van der Waals surface area contributed by atoms with Crippen LogP contribution in [0.25, 0.3) is 0 Å². The second-order valence-corrected chi connectivity index (χ2v) is 3.17. The summed E-state index contributed by atoms with van der Waals surface area (Å²) in [6, 6.07) is 8.71. The second-order valence-electron chi connectivity index (χ2n) is 3.17. The van der Waals surface area contributed by atoms with Gasteiger partial charge in [0.1, 0.15) is 5.75 Å². The van der Waals surface area contributed by atoms with Crippen molar-refractivity contribution >= 4 is 5.78 Å². The van der Waals surface area contributed by atoms with E-state index in [1.54, 1.807) is 37.3 Å². The van der Waals surface area contributed by atoms with E-state index in [1.165, 1.54) is 0 Å². The van der Waals surface area contributed by atoms with Crippen molar-refractivity contribution < 1.29 is 9.90 Å². The highest BCUT2D eigenvalue weighted by Gasteiger charge is 1.80. The molecule has 1 N–H and O–H groups in total. The first-order chi connectivity index (χ1) is 6.52. The third kappa shape index (κ3) is 8.53. The van der Waals surface area contributed by atoms with E-state index in [2.05, 4.69) is 0 Å². The van der Waals surface area contributed by atoms with Crippen molar-refractivity contribution in [3.63, 3.8) is 0 Å². The molecule has 0 bridgehead atoms. The zero-order valence-corrected chi connectivity index (χ0v) is 8.82. The van der Waals surface area contributed by atoms with Crippen LogP contribution in [0.4, 0.5) is 0 Å². The minimum Gasteiger partial charge on any atom is -0.508 e. The van der Waals surface area contributed by atoms with Crippen molar-refractivity contribution in [2.75, 3.05) is 0 Å². The van der Waals surface area contributed by atoms with E-state index in [9.17, 15) is 4.79 Å². The molecule has 0 radical (unpaired) electrons. The summed E-state index contributed by atoms with van der Waals surface area (Å²) in [5.74, 6) is 0.447. The third-order valence-electron chi connectivity index (χ3n) is 1.25. The van der Waals surface area contributed by atoms with Gasteiger partial charge < -0.3 is 5.11 Å². The second kappa shape index (κ2) is 6.89. The van der Waals surface area contributed by atoms with Gasteiger partial charge in [0.15, 0.2) is 5.78 Å². The van der Waals surface area contributed by atoms with E-state index in [0.29, 0.717) is 5.75 Å². The molecular weight excluding hydrogens is 176 g/mol. The van der Waals surface area contributed by atoms with Crippen molar-refractivity contribution in [3.05, 3.63) is 42.0 Å². The van der Waals surface area contributed by atoms with Crippen LogP contribution in [0.3, 0.4) is 0 Å². The Labute approximate surface area is 84.9 Å². The fraction of sp³-hybridized carbons (Fsp3) is 0.250. The number of rotatable bonds is 1. The molecule has 0 unspecified atom stereocenters. The number of para-hydroxylation sites is 1. The summed E-state index contributed by atoms with van der Waals surface area (Å²) in [6.45, 7) is 5.36. The van der Waals surface area contributed by atoms with Gasteiger partial charge in [0.25, 0.3) is 0 Å². The molecule has 0 saturated heterocycles. The van der Waals surface area contributed by atoms with Gasteiger partial charge in [-0.2, -0.15) is 0 Å². The molecular formula is C12H16O2. The SMILES string of the molecule is CC(=O)C=C(C)C.Oc1ccccc1. The van der Waals surface area contributed by atoms with Crippen LogP contribution in [0.1, 0.15) is 20.8 Å². The Morgan fingerprint density at radius 3 is 1.79 bits per heavy atom. The Morgan fingerprint density at radius 1 is 1.14 bits per heavy atom. The van der Waals surface area contributed by atoms with Gasteiger partial charge in [-0.1, -0.05) is 23.8 Å². The molecule has 0 aliphatic heterocycles. The summed E-state index contributed by atoms with van der Waals surface area (Å²) >= 11 is 0. The van der Waals surface area contributed by atoms with E-state index >= 15 is 0 Å². The standard InChI is InChI=1S/C6H6O.C6H10O/c7-6-4-2-1-3-5-6;1-5(2)4-6(3)7/h1-5,7H;4H,1-3H3. The van der Waals surface area contributed by atoms with E-state index in [4.69, 9.17) is 5.11 Å². The first-order valence-corrected chi connectivity index (χ1v) is 4.42. The number of hydrogen-bond acceptors (Lipinski definition) is 2. The summed E-state index contributed by atoms with van der Waals surface area (Å²) < 4.78 is 0. The molecule has 0 aromatic heterocycles. The lowest BCUT2D eigenvalue weighted by molar-refractivity contribution is -0.112. The molecule has 0 aliphatic rings. The van der Waals surface area contributed by atoms with Crippen LogP contribution in [-0.2, 0) is 4.79 Å². The van der Waals surface area contributed by atoms with Crippen LogP contribution in [0.2, 0.25) is 0 Å². The number of hydrogen-bond donors (Lipinski definition) is 1. The Bertz CT molecular complexity index is 295. The van der Waals surface area contributed by atoms with Crippen molar-refractivity contribution in [2.45, 2.75) is 20.8 Å². The fourth-order valence-electron chi connectivity index (χ4n) is 0.835. The third-order valence-corrected chi connectivity index (χ3v) is 1.25. The molecule has 1 rings (SSSR count). The molecule has 0 spiro atoms. The minimum absolute atomic E-state index is 0.125. The van der Waals surface area contributed by atoms with Gasteiger partial charge in [0.2, 0.25) is 0 Å². The average Bonchev–Trinajstić information content (AvgIpc) is 2.03. The van der Waals surface area contributed by atoms with Crippen LogP contribution >= 0.6 is 0 Å². The minimum atomic E-state index is 0.125. The first-order valence-electron chi connectivity index (χ1n) is 4.42. The normalized spacial score (nSPS) is 8.21. The lowest BCUT2D eigenvalue weighted by atomic mass is 10.3. The molecule has 0 saturated carbocycles. The van der Waals surface area contributed by atoms with E-state index < -0.39 is 0 Å². The quantitative estimate of drug-likeness (QED) is 0.694. The molecule has 1 aromatic rings. The average molecular weight is 192 g/mol. The van der Waals surface area contributed by atoms with Gasteiger partial charge in [-0.05, 0) is 39.0 Å². The van der Waals surface area contributed by atoms with Gasteiger partial charge >= 0.3 is 0 Å². The molecule has 1 aromatic carbocycles. The topological polar surface area (TPSA) is 37.3 Å². The van der Waals surface area contributed by atoms with Gasteiger partial charge in [0.05, 0.1) is 0 Å². The molecule has 0 heterocycles. The van der Waals surface area contributed by atoms with Gasteiger partial charge in [-0.25, -0.2) is 0 Å². The molecule has 14 heavy (non-hydrogen) atoms. The van der Waals surface area contributed by atoms with Gasteiger partial charge in [-0.3, -0.25) is 4.79 Å². The zero-order valence-electron chi connectivity index (χ0n) is 8.82. The lowest BCUT2D eigenvalue weighted by Crippen LogP contribution is -1.80. The first kappa shape index (κ1) is 12.4. The number of carbonyl (C=O) groups is 1. The predicted molar refractivity (Wildman–Crippen MR) is 58.2 cm³/mol. The predicted octanol–water partition coefficient (Wildman–Crippen LogP) is 2.93. The lowest BCUT2D eigenvalue weighted by Gasteiger charge is -1.82. The number of benzene rings is 1. The van der Waals surface area contributed by atoms with Crippen LogP contribution < -0.4 is 0 Å². The Morgan fingerprint density at radius 2 is 1.64 bits per heavy atom. The van der Waals surface area contributed by atoms with Crippen LogP contribution in [0, 0.1) is 0 Å². The van der Waals surface area contributed by atoms with Crippen LogP contribution in [0.15, 0.2) is 42.0 Å². The van der Waals surface area contributed by atoms with Crippen molar-refractivity contribution in [1.82, 2.24) is 0 Å². The largest absolute Gasteiger partial charge is 0.508 e. The van der Waals surface area contributed by atoms with Gasteiger partial charge in [-0.15, -0.1) is 0 Å².